The zero-order valence-electron chi connectivity index (χ0n) is 17.8. The highest BCUT2D eigenvalue weighted by Crippen LogP contribution is 2.61. The van der Waals surface area contributed by atoms with Gasteiger partial charge in [0.15, 0.2) is 0 Å². The van der Waals surface area contributed by atoms with Crippen molar-refractivity contribution in [2.75, 3.05) is 19.8 Å². The highest BCUT2D eigenvalue weighted by Gasteiger charge is 2.55. The Morgan fingerprint density at radius 2 is 2.00 bits per heavy atom. The highest BCUT2D eigenvalue weighted by molar-refractivity contribution is 5.40. The molecule has 156 valence electrons. The molecular formula is C25H38O3. The minimum atomic E-state index is 0.235. The Morgan fingerprint density at radius 3 is 2.82 bits per heavy atom. The number of aryl methyl sites for hydroxylation is 1. The average molecular weight is 387 g/mol. The molecule has 0 bridgehead atoms. The molecule has 28 heavy (non-hydrogen) atoms. The maximum atomic E-state index is 9.08. The lowest BCUT2D eigenvalue weighted by molar-refractivity contribution is -0.0661. The predicted octanol–water partition coefficient (Wildman–Crippen LogP) is 5.49. The summed E-state index contributed by atoms with van der Waals surface area (Å²) in [6.45, 7) is 6.47. The highest BCUT2D eigenvalue weighted by atomic mass is 16.5. The van der Waals surface area contributed by atoms with E-state index in [0.717, 1.165) is 43.0 Å². The maximum Gasteiger partial charge on any atom is 0.119 e. The van der Waals surface area contributed by atoms with Crippen molar-refractivity contribution in [2.45, 2.75) is 83.7 Å². The van der Waals surface area contributed by atoms with Gasteiger partial charge in [0.2, 0.25) is 0 Å². The van der Waals surface area contributed by atoms with Gasteiger partial charge < -0.3 is 14.6 Å². The van der Waals surface area contributed by atoms with E-state index in [1.807, 2.05) is 0 Å². The number of benzene rings is 1. The first kappa shape index (κ1) is 20.2. The fourth-order valence-electron chi connectivity index (χ4n) is 6.50. The van der Waals surface area contributed by atoms with E-state index in [4.69, 9.17) is 14.6 Å². The van der Waals surface area contributed by atoms with E-state index in [9.17, 15) is 0 Å². The van der Waals surface area contributed by atoms with Crippen LogP contribution in [0.1, 0.15) is 82.3 Å². The van der Waals surface area contributed by atoms with Crippen molar-refractivity contribution in [2.24, 2.45) is 17.3 Å². The third kappa shape index (κ3) is 3.73. The molecule has 0 aliphatic heterocycles. The van der Waals surface area contributed by atoms with Crippen LogP contribution in [0.3, 0.4) is 0 Å². The Kier molecular flexibility index (Phi) is 6.32. The van der Waals surface area contributed by atoms with Gasteiger partial charge in [0.1, 0.15) is 5.75 Å². The van der Waals surface area contributed by atoms with Crippen LogP contribution in [0.4, 0.5) is 0 Å². The molecule has 3 heteroatoms. The van der Waals surface area contributed by atoms with Gasteiger partial charge in [-0.05, 0) is 97.8 Å². The SMILES string of the molecule is CCCCOc1ccc2c(c1)CC[C@@H]1[C@@H]2CC[C@]2(C)[C@@H](OCCCO)CC[C@@H]12. The van der Waals surface area contributed by atoms with Gasteiger partial charge in [-0.15, -0.1) is 0 Å². The number of hydrogen-bond acceptors (Lipinski definition) is 3. The van der Waals surface area contributed by atoms with Crippen molar-refractivity contribution >= 4 is 0 Å². The van der Waals surface area contributed by atoms with Crippen LogP contribution in [0.2, 0.25) is 0 Å². The van der Waals surface area contributed by atoms with Gasteiger partial charge >= 0.3 is 0 Å². The normalized spacial score (nSPS) is 33.8. The van der Waals surface area contributed by atoms with Gasteiger partial charge in [-0.1, -0.05) is 26.3 Å². The number of hydrogen-bond donors (Lipinski definition) is 1. The van der Waals surface area contributed by atoms with E-state index in [-0.39, 0.29) is 6.61 Å². The van der Waals surface area contributed by atoms with Crippen LogP contribution in [0, 0.1) is 17.3 Å². The summed E-state index contributed by atoms with van der Waals surface area (Å²) in [6.07, 6.45) is 11.1. The summed E-state index contributed by atoms with van der Waals surface area (Å²) >= 11 is 0. The van der Waals surface area contributed by atoms with Crippen LogP contribution in [0.15, 0.2) is 18.2 Å². The molecule has 0 unspecified atom stereocenters. The number of ether oxygens (including phenoxy) is 2. The van der Waals surface area contributed by atoms with Gasteiger partial charge in [0.25, 0.3) is 0 Å². The van der Waals surface area contributed by atoms with Gasteiger partial charge in [0.05, 0.1) is 12.7 Å². The Balaban J connectivity index is 1.46. The summed E-state index contributed by atoms with van der Waals surface area (Å²) in [7, 11) is 0. The van der Waals surface area contributed by atoms with Crippen molar-refractivity contribution < 1.29 is 14.6 Å². The molecular weight excluding hydrogens is 348 g/mol. The standard InChI is InChI=1S/C25H38O3/c1-3-4-15-27-19-7-9-20-18(17-19)6-8-22-21(20)12-13-25(2)23(22)10-11-24(25)28-16-5-14-26/h7,9,17,21-24,26H,3-6,8,10-16H2,1-2H3/t21-,22-,23+,24+,25+/m1/s1. The summed E-state index contributed by atoms with van der Waals surface area (Å²) in [5.41, 5.74) is 3.47. The minimum absolute atomic E-state index is 0.235. The molecule has 3 aliphatic carbocycles. The summed E-state index contributed by atoms with van der Waals surface area (Å²) in [5, 5.41) is 9.08. The van der Waals surface area contributed by atoms with Crippen molar-refractivity contribution in [1.29, 1.82) is 0 Å². The average Bonchev–Trinajstić information content (AvgIpc) is 3.04. The Morgan fingerprint density at radius 1 is 1.11 bits per heavy atom. The Bertz CT molecular complexity index is 657. The molecule has 0 saturated heterocycles. The lowest BCUT2D eigenvalue weighted by atomic mass is 9.55. The first-order chi connectivity index (χ1) is 13.7. The molecule has 0 radical (unpaired) electrons. The summed E-state index contributed by atoms with van der Waals surface area (Å²) in [5.74, 6) is 3.38. The smallest absolute Gasteiger partial charge is 0.119 e. The van der Waals surface area contributed by atoms with Crippen molar-refractivity contribution in [1.82, 2.24) is 0 Å². The molecule has 1 aromatic carbocycles. The second kappa shape index (κ2) is 8.75. The van der Waals surface area contributed by atoms with E-state index in [1.54, 1.807) is 5.56 Å². The van der Waals surface area contributed by atoms with E-state index >= 15 is 0 Å². The van der Waals surface area contributed by atoms with Crippen LogP contribution in [0.5, 0.6) is 5.75 Å². The zero-order valence-corrected chi connectivity index (χ0v) is 17.8. The quantitative estimate of drug-likeness (QED) is 0.601. The Labute approximate surface area is 170 Å². The molecule has 4 rings (SSSR count). The van der Waals surface area contributed by atoms with Crippen LogP contribution < -0.4 is 4.74 Å². The molecule has 2 fully saturated rings. The van der Waals surface area contributed by atoms with Crippen LogP contribution in [-0.4, -0.2) is 31.0 Å². The molecule has 0 heterocycles. The fraction of sp³-hybridized carbons (Fsp3) is 0.760. The lowest BCUT2D eigenvalue weighted by Gasteiger charge is -2.50. The van der Waals surface area contributed by atoms with Crippen LogP contribution >= 0.6 is 0 Å². The summed E-state index contributed by atoms with van der Waals surface area (Å²) < 4.78 is 12.2. The second-order valence-electron chi connectivity index (χ2n) is 9.54. The van der Waals surface area contributed by atoms with Gasteiger partial charge in [-0.2, -0.15) is 0 Å². The minimum Gasteiger partial charge on any atom is -0.494 e. The maximum absolute atomic E-state index is 9.08. The molecule has 0 spiro atoms. The van der Waals surface area contributed by atoms with E-state index in [0.29, 0.717) is 18.1 Å². The van der Waals surface area contributed by atoms with Crippen molar-refractivity contribution in [3.05, 3.63) is 29.3 Å². The monoisotopic (exact) mass is 386 g/mol. The number of fused-ring (bicyclic) bond motifs is 5. The predicted molar refractivity (Wildman–Crippen MR) is 113 cm³/mol. The molecule has 2 saturated carbocycles. The van der Waals surface area contributed by atoms with Crippen molar-refractivity contribution in [3.8, 4) is 5.75 Å². The second-order valence-corrected chi connectivity index (χ2v) is 9.54. The van der Waals surface area contributed by atoms with Gasteiger partial charge in [-0.25, -0.2) is 0 Å². The molecule has 3 nitrogen and oxygen atoms in total. The van der Waals surface area contributed by atoms with Crippen LogP contribution in [-0.2, 0) is 11.2 Å². The van der Waals surface area contributed by atoms with Gasteiger partial charge in [0, 0.05) is 13.2 Å². The van der Waals surface area contributed by atoms with Crippen LogP contribution in [0.25, 0.3) is 0 Å². The largest absolute Gasteiger partial charge is 0.494 e. The van der Waals surface area contributed by atoms with Crippen molar-refractivity contribution in [3.63, 3.8) is 0 Å². The molecule has 0 amide bonds. The lowest BCUT2D eigenvalue weighted by Crippen LogP contribution is -2.44. The molecule has 3 aliphatic rings. The third-order valence-corrected chi connectivity index (χ3v) is 8.00. The van der Waals surface area contributed by atoms with E-state index in [1.165, 1.54) is 50.5 Å². The van der Waals surface area contributed by atoms with E-state index in [2.05, 4.69) is 32.0 Å². The molecule has 5 atom stereocenters. The fourth-order valence-corrected chi connectivity index (χ4v) is 6.50. The molecule has 0 aromatic heterocycles. The number of aliphatic hydroxyl groups is 1. The topological polar surface area (TPSA) is 38.7 Å². The van der Waals surface area contributed by atoms with Gasteiger partial charge in [-0.3, -0.25) is 0 Å². The number of rotatable bonds is 8. The zero-order chi connectivity index (χ0) is 19.6. The third-order valence-electron chi connectivity index (χ3n) is 8.00. The first-order valence-corrected chi connectivity index (χ1v) is 11.7. The molecule has 1 aromatic rings. The van der Waals surface area contributed by atoms with E-state index < -0.39 is 0 Å². The summed E-state index contributed by atoms with van der Waals surface area (Å²) in [6, 6.07) is 6.91. The number of aliphatic hydroxyl groups excluding tert-OH is 1. The number of unbranched alkanes of at least 4 members (excludes halogenated alkanes) is 1. The first-order valence-electron chi connectivity index (χ1n) is 11.7. The Hall–Kier alpha value is -1.06. The molecule has 1 N–H and O–H groups in total. The summed E-state index contributed by atoms with van der Waals surface area (Å²) in [4.78, 5) is 0.